The fourth-order valence-corrected chi connectivity index (χ4v) is 3.71. The van der Waals surface area contributed by atoms with Gasteiger partial charge < -0.3 is 14.6 Å². The van der Waals surface area contributed by atoms with Crippen molar-refractivity contribution in [1.29, 1.82) is 0 Å². The third-order valence-electron chi connectivity index (χ3n) is 5.35. The molecule has 2 aliphatic heterocycles. The van der Waals surface area contributed by atoms with Crippen LogP contribution in [-0.4, -0.2) is 40.6 Å². The molecule has 25 heavy (non-hydrogen) atoms. The minimum atomic E-state index is -0.0377. The van der Waals surface area contributed by atoms with Crippen LogP contribution in [0.3, 0.4) is 0 Å². The summed E-state index contributed by atoms with van der Waals surface area (Å²) in [7, 11) is 0. The highest BCUT2D eigenvalue weighted by atomic mass is 16.4. The lowest BCUT2D eigenvalue weighted by Crippen LogP contribution is -2.35. The van der Waals surface area contributed by atoms with Gasteiger partial charge in [0.05, 0.1) is 0 Å². The second-order valence-electron chi connectivity index (χ2n) is 7.34. The highest BCUT2D eigenvalue weighted by Crippen LogP contribution is 2.30. The number of hydrogen-bond donors (Lipinski definition) is 1. The van der Waals surface area contributed by atoms with E-state index < -0.39 is 0 Å². The Bertz CT molecular complexity index is 777. The van der Waals surface area contributed by atoms with Crippen LogP contribution in [0.15, 0.2) is 22.6 Å². The number of nitrogens with one attached hydrogen (secondary N) is 1. The molecule has 0 aliphatic carbocycles. The molecule has 2 aliphatic rings. The summed E-state index contributed by atoms with van der Waals surface area (Å²) in [6.07, 6.45) is 2.53. The van der Waals surface area contributed by atoms with E-state index in [4.69, 9.17) is 4.42 Å². The Labute approximate surface area is 147 Å². The molecule has 0 bridgehead atoms. The fraction of sp³-hybridized carbons (Fsp3) is 0.526. The van der Waals surface area contributed by atoms with Gasteiger partial charge in [-0.3, -0.25) is 4.79 Å². The minimum Gasteiger partial charge on any atom is -0.420 e. The van der Waals surface area contributed by atoms with Gasteiger partial charge in [-0.15, -0.1) is 10.2 Å². The van der Waals surface area contributed by atoms with Crippen LogP contribution >= 0.6 is 0 Å². The SMILES string of the molecule is CC1CCN(CC(C)c2nnc(-c3cccc4c3CNC4=O)o2)CC1. The van der Waals surface area contributed by atoms with E-state index in [1.54, 1.807) is 0 Å². The normalized spacial score (nSPS) is 19.7. The molecule has 0 spiro atoms. The van der Waals surface area contributed by atoms with Crippen molar-refractivity contribution >= 4 is 5.91 Å². The van der Waals surface area contributed by atoms with E-state index in [1.165, 1.54) is 12.8 Å². The Hall–Kier alpha value is -2.21. The average Bonchev–Trinajstić information content (AvgIpc) is 3.24. The number of amides is 1. The quantitative estimate of drug-likeness (QED) is 0.927. The van der Waals surface area contributed by atoms with Crippen molar-refractivity contribution in [2.75, 3.05) is 19.6 Å². The summed E-state index contributed by atoms with van der Waals surface area (Å²) in [5.74, 6) is 2.17. The summed E-state index contributed by atoms with van der Waals surface area (Å²) >= 11 is 0. The third-order valence-corrected chi connectivity index (χ3v) is 5.35. The van der Waals surface area contributed by atoms with Gasteiger partial charge in [-0.25, -0.2) is 0 Å². The molecule has 3 heterocycles. The van der Waals surface area contributed by atoms with Crippen molar-refractivity contribution in [3.05, 3.63) is 35.2 Å². The number of piperidine rings is 1. The van der Waals surface area contributed by atoms with Crippen LogP contribution in [0, 0.1) is 5.92 Å². The Morgan fingerprint density at radius 3 is 2.84 bits per heavy atom. The van der Waals surface area contributed by atoms with Gasteiger partial charge in [0.2, 0.25) is 11.8 Å². The molecule has 2 aromatic rings. The number of aromatic nitrogens is 2. The standard InChI is InChI=1S/C19H24N4O2/c1-12-6-8-23(9-7-12)11-13(2)18-21-22-19(25-18)15-5-3-4-14-16(15)10-20-17(14)24/h3-5,12-13H,6-11H2,1-2H3,(H,20,24). The third kappa shape index (κ3) is 3.18. The monoisotopic (exact) mass is 340 g/mol. The Morgan fingerprint density at radius 2 is 2.04 bits per heavy atom. The first kappa shape index (κ1) is 16.3. The lowest BCUT2D eigenvalue weighted by atomic mass is 9.98. The number of nitrogens with zero attached hydrogens (tertiary/aromatic N) is 3. The molecule has 1 amide bonds. The highest BCUT2D eigenvalue weighted by Gasteiger charge is 2.26. The molecular formula is C19H24N4O2. The topological polar surface area (TPSA) is 71.3 Å². The van der Waals surface area contributed by atoms with Gasteiger partial charge in [-0.2, -0.15) is 0 Å². The van der Waals surface area contributed by atoms with E-state index in [-0.39, 0.29) is 11.8 Å². The number of fused-ring (bicyclic) bond motifs is 1. The Kier molecular flexibility index (Phi) is 4.29. The van der Waals surface area contributed by atoms with Crippen LogP contribution < -0.4 is 5.32 Å². The molecule has 1 saturated heterocycles. The number of carbonyl (C=O) groups is 1. The van der Waals surface area contributed by atoms with Crippen LogP contribution in [-0.2, 0) is 6.54 Å². The Morgan fingerprint density at radius 1 is 1.28 bits per heavy atom. The smallest absolute Gasteiger partial charge is 0.251 e. The number of hydrogen-bond acceptors (Lipinski definition) is 5. The van der Waals surface area contributed by atoms with Crippen LogP contribution in [0.4, 0.5) is 0 Å². The molecule has 0 saturated carbocycles. The minimum absolute atomic E-state index is 0.0377. The van der Waals surface area contributed by atoms with E-state index >= 15 is 0 Å². The van der Waals surface area contributed by atoms with Crippen molar-refractivity contribution in [3.8, 4) is 11.5 Å². The van der Waals surface area contributed by atoms with Crippen LogP contribution in [0.2, 0.25) is 0 Å². The van der Waals surface area contributed by atoms with E-state index in [0.29, 0.717) is 23.9 Å². The van der Waals surface area contributed by atoms with Crippen molar-refractivity contribution < 1.29 is 9.21 Å². The maximum absolute atomic E-state index is 11.8. The molecule has 4 rings (SSSR count). The molecular weight excluding hydrogens is 316 g/mol. The molecule has 6 heteroatoms. The molecule has 1 fully saturated rings. The van der Waals surface area contributed by atoms with Gasteiger partial charge >= 0.3 is 0 Å². The fourth-order valence-electron chi connectivity index (χ4n) is 3.71. The number of likely N-dealkylation sites (tertiary alicyclic amines) is 1. The molecule has 1 N–H and O–H groups in total. The van der Waals surface area contributed by atoms with Crippen LogP contribution in [0.1, 0.15) is 54.4 Å². The lowest BCUT2D eigenvalue weighted by molar-refractivity contribution is 0.0966. The maximum atomic E-state index is 11.8. The van der Waals surface area contributed by atoms with E-state index in [0.717, 1.165) is 36.7 Å². The molecule has 1 unspecified atom stereocenters. The van der Waals surface area contributed by atoms with E-state index in [1.807, 2.05) is 18.2 Å². The highest BCUT2D eigenvalue weighted by molar-refractivity contribution is 6.00. The summed E-state index contributed by atoms with van der Waals surface area (Å²) in [6.45, 7) is 8.21. The summed E-state index contributed by atoms with van der Waals surface area (Å²) < 4.78 is 5.97. The zero-order valence-corrected chi connectivity index (χ0v) is 14.8. The van der Waals surface area contributed by atoms with Crippen LogP contribution in [0.25, 0.3) is 11.5 Å². The van der Waals surface area contributed by atoms with Gasteiger partial charge in [0.15, 0.2) is 0 Å². The molecule has 6 nitrogen and oxygen atoms in total. The maximum Gasteiger partial charge on any atom is 0.251 e. The molecule has 1 atom stereocenters. The van der Waals surface area contributed by atoms with Gasteiger partial charge in [-0.05, 0) is 49.5 Å². The zero-order valence-electron chi connectivity index (χ0n) is 14.8. The summed E-state index contributed by atoms with van der Waals surface area (Å²) in [6, 6.07) is 5.63. The first-order valence-electron chi connectivity index (χ1n) is 9.08. The van der Waals surface area contributed by atoms with Gasteiger partial charge in [0.25, 0.3) is 5.91 Å². The van der Waals surface area contributed by atoms with E-state index in [2.05, 4.69) is 34.3 Å². The predicted octanol–water partition coefficient (Wildman–Crippen LogP) is 2.82. The van der Waals surface area contributed by atoms with Gasteiger partial charge in [-0.1, -0.05) is 19.9 Å². The second-order valence-corrected chi connectivity index (χ2v) is 7.34. The lowest BCUT2D eigenvalue weighted by Gasteiger charge is -2.31. The number of carbonyl (C=O) groups excluding carboxylic acids is 1. The van der Waals surface area contributed by atoms with Gasteiger partial charge in [0.1, 0.15) is 0 Å². The number of rotatable bonds is 4. The zero-order chi connectivity index (χ0) is 17.4. The second kappa shape index (κ2) is 6.59. The average molecular weight is 340 g/mol. The molecule has 1 aromatic carbocycles. The molecule has 132 valence electrons. The Balaban J connectivity index is 1.50. The summed E-state index contributed by atoms with van der Waals surface area (Å²) in [4.78, 5) is 14.3. The van der Waals surface area contributed by atoms with Crippen molar-refractivity contribution in [1.82, 2.24) is 20.4 Å². The van der Waals surface area contributed by atoms with Crippen molar-refractivity contribution in [2.24, 2.45) is 5.92 Å². The van der Waals surface area contributed by atoms with E-state index in [9.17, 15) is 4.79 Å². The predicted molar refractivity (Wildman–Crippen MR) is 94.2 cm³/mol. The summed E-state index contributed by atoms with van der Waals surface area (Å²) in [5, 5.41) is 11.4. The first-order chi connectivity index (χ1) is 12.1. The van der Waals surface area contributed by atoms with Crippen molar-refractivity contribution in [3.63, 3.8) is 0 Å². The largest absolute Gasteiger partial charge is 0.420 e. The molecule has 0 radical (unpaired) electrons. The molecule has 1 aromatic heterocycles. The van der Waals surface area contributed by atoms with Crippen molar-refractivity contribution in [2.45, 2.75) is 39.2 Å². The number of benzene rings is 1. The van der Waals surface area contributed by atoms with Crippen LogP contribution in [0.5, 0.6) is 0 Å². The van der Waals surface area contributed by atoms with Gasteiger partial charge in [0, 0.05) is 30.1 Å². The summed E-state index contributed by atoms with van der Waals surface area (Å²) in [5.41, 5.74) is 2.50. The first-order valence-corrected chi connectivity index (χ1v) is 9.08.